The molecule has 0 aliphatic heterocycles. The Morgan fingerprint density at radius 2 is 2.27 bits per heavy atom. The van der Waals surface area contributed by atoms with Crippen LogP contribution in [0.2, 0.25) is 0 Å². The molecule has 0 amide bonds. The summed E-state index contributed by atoms with van der Waals surface area (Å²) in [6.45, 7) is 5.06. The minimum atomic E-state index is -0.283. The van der Waals surface area contributed by atoms with Gasteiger partial charge in [-0.25, -0.2) is 9.78 Å². The van der Waals surface area contributed by atoms with Gasteiger partial charge in [0.05, 0.1) is 22.9 Å². The van der Waals surface area contributed by atoms with Gasteiger partial charge >= 0.3 is 5.97 Å². The SMILES string of the molecule is Cc1nc(COc2cccc(C(=O)OCC3CC3C)c2)cs1. The zero-order valence-corrected chi connectivity index (χ0v) is 13.6. The number of hydrogen-bond acceptors (Lipinski definition) is 5. The number of aromatic nitrogens is 1. The second kappa shape index (κ2) is 6.48. The topological polar surface area (TPSA) is 48.4 Å². The molecule has 3 rings (SSSR count). The summed E-state index contributed by atoms with van der Waals surface area (Å²) in [6.07, 6.45) is 1.16. The van der Waals surface area contributed by atoms with E-state index in [1.165, 1.54) is 0 Å². The average molecular weight is 317 g/mol. The lowest BCUT2D eigenvalue weighted by molar-refractivity contribution is 0.0481. The maximum Gasteiger partial charge on any atom is 0.338 e. The van der Waals surface area contributed by atoms with Gasteiger partial charge in [-0.15, -0.1) is 11.3 Å². The predicted octanol–water partition coefficient (Wildman–Crippen LogP) is 3.84. The minimum absolute atomic E-state index is 0.283. The maximum absolute atomic E-state index is 12.0. The fourth-order valence-corrected chi connectivity index (χ4v) is 2.84. The van der Waals surface area contributed by atoms with E-state index < -0.39 is 0 Å². The molecule has 1 aromatic carbocycles. The highest BCUT2D eigenvalue weighted by Gasteiger charge is 2.33. The molecule has 0 spiro atoms. The first-order valence-corrected chi connectivity index (χ1v) is 8.31. The van der Waals surface area contributed by atoms with Gasteiger partial charge in [-0.05, 0) is 43.4 Å². The van der Waals surface area contributed by atoms with Crippen molar-refractivity contribution in [3.8, 4) is 5.75 Å². The van der Waals surface area contributed by atoms with Crippen molar-refractivity contribution in [2.75, 3.05) is 6.61 Å². The smallest absolute Gasteiger partial charge is 0.338 e. The molecule has 0 radical (unpaired) electrons. The quantitative estimate of drug-likeness (QED) is 0.759. The van der Waals surface area contributed by atoms with Crippen molar-refractivity contribution in [2.45, 2.75) is 26.9 Å². The molecule has 1 heterocycles. The zero-order valence-electron chi connectivity index (χ0n) is 12.7. The van der Waals surface area contributed by atoms with Crippen molar-refractivity contribution in [2.24, 2.45) is 11.8 Å². The molecule has 1 aliphatic rings. The molecule has 4 nitrogen and oxygen atoms in total. The second-order valence-electron chi connectivity index (χ2n) is 5.75. The van der Waals surface area contributed by atoms with Crippen LogP contribution in [0.4, 0.5) is 0 Å². The Kier molecular flexibility index (Phi) is 4.43. The van der Waals surface area contributed by atoms with Gasteiger partial charge in [0, 0.05) is 5.38 Å². The summed E-state index contributed by atoms with van der Waals surface area (Å²) in [5.41, 5.74) is 1.43. The Balaban J connectivity index is 1.55. The molecule has 1 fully saturated rings. The lowest BCUT2D eigenvalue weighted by Crippen LogP contribution is -2.08. The molecule has 116 valence electrons. The third kappa shape index (κ3) is 3.85. The van der Waals surface area contributed by atoms with Crippen LogP contribution >= 0.6 is 11.3 Å². The molecule has 1 saturated carbocycles. The van der Waals surface area contributed by atoms with E-state index in [0.717, 1.165) is 17.1 Å². The number of nitrogens with zero attached hydrogens (tertiary/aromatic N) is 1. The number of ether oxygens (including phenoxy) is 2. The average Bonchev–Trinajstić information content (AvgIpc) is 3.07. The summed E-state index contributed by atoms with van der Waals surface area (Å²) in [5, 5.41) is 3.00. The van der Waals surface area contributed by atoms with Crippen molar-refractivity contribution in [3.05, 3.63) is 45.9 Å². The molecule has 2 unspecified atom stereocenters. The third-order valence-electron chi connectivity index (χ3n) is 3.83. The number of carbonyl (C=O) groups excluding carboxylic acids is 1. The van der Waals surface area contributed by atoms with Crippen molar-refractivity contribution >= 4 is 17.3 Å². The number of benzene rings is 1. The summed E-state index contributed by atoms with van der Waals surface area (Å²) >= 11 is 1.60. The van der Waals surface area contributed by atoms with Crippen LogP contribution in [0.5, 0.6) is 5.75 Å². The molecule has 0 saturated heterocycles. The summed E-state index contributed by atoms with van der Waals surface area (Å²) in [4.78, 5) is 16.4. The number of esters is 1. The number of hydrogen-bond donors (Lipinski definition) is 0. The Labute approximate surface area is 134 Å². The highest BCUT2D eigenvalue weighted by molar-refractivity contribution is 7.09. The molecule has 22 heavy (non-hydrogen) atoms. The van der Waals surface area contributed by atoms with E-state index in [1.807, 2.05) is 18.4 Å². The molecular formula is C17H19NO3S. The van der Waals surface area contributed by atoms with Crippen LogP contribution in [0.15, 0.2) is 29.6 Å². The van der Waals surface area contributed by atoms with E-state index >= 15 is 0 Å². The van der Waals surface area contributed by atoms with Crippen LogP contribution in [0, 0.1) is 18.8 Å². The van der Waals surface area contributed by atoms with Gasteiger partial charge in [0.25, 0.3) is 0 Å². The Bertz CT molecular complexity index is 667. The molecule has 2 atom stereocenters. The summed E-state index contributed by atoms with van der Waals surface area (Å²) in [6, 6.07) is 7.10. The standard InChI is InChI=1S/C17H19NO3S/c1-11-6-14(11)8-21-17(19)13-4-3-5-16(7-13)20-9-15-10-22-12(2)18-15/h3-5,7,10-11,14H,6,8-9H2,1-2H3. The molecule has 1 aromatic heterocycles. The fraction of sp³-hybridized carbons (Fsp3) is 0.412. The molecule has 0 bridgehead atoms. The van der Waals surface area contributed by atoms with E-state index in [0.29, 0.717) is 36.4 Å². The maximum atomic E-state index is 12.0. The van der Waals surface area contributed by atoms with Gasteiger partial charge in [-0.2, -0.15) is 0 Å². The molecule has 1 aliphatic carbocycles. The normalized spacial score (nSPS) is 19.7. The van der Waals surface area contributed by atoms with Gasteiger partial charge < -0.3 is 9.47 Å². The lowest BCUT2D eigenvalue weighted by Gasteiger charge is -2.07. The first-order chi connectivity index (χ1) is 10.6. The van der Waals surface area contributed by atoms with Crippen molar-refractivity contribution < 1.29 is 14.3 Å². The van der Waals surface area contributed by atoms with Gasteiger partial charge in [-0.1, -0.05) is 13.0 Å². The molecule has 0 N–H and O–H groups in total. The van der Waals surface area contributed by atoms with Crippen LogP contribution in [0.25, 0.3) is 0 Å². The zero-order chi connectivity index (χ0) is 15.5. The highest BCUT2D eigenvalue weighted by atomic mass is 32.1. The highest BCUT2D eigenvalue weighted by Crippen LogP contribution is 2.37. The van der Waals surface area contributed by atoms with Crippen LogP contribution < -0.4 is 4.74 Å². The minimum Gasteiger partial charge on any atom is -0.487 e. The van der Waals surface area contributed by atoms with Crippen molar-refractivity contribution in [3.63, 3.8) is 0 Å². The first-order valence-electron chi connectivity index (χ1n) is 7.43. The van der Waals surface area contributed by atoms with Crippen molar-refractivity contribution in [1.82, 2.24) is 4.98 Å². The van der Waals surface area contributed by atoms with Crippen LogP contribution in [0.1, 0.15) is 34.4 Å². The Hall–Kier alpha value is -1.88. The molecular weight excluding hydrogens is 298 g/mol. The monoisotopic (exact) mass is 317 g/mol. The van der Waals surface area contributed by atoms with E-state index in [2.05, 4.69) is 11.9 Å². The summed E-state index contributed by atoms with van der Waals surface area (Å²) in [7, 11) is 0. The van der Waals surface area contributed by atoms with Crippen molar-refractivity contribution in [1.29, 1.82) is 0 Å². The number of thiazole rings is 1. The molecule has 5 heteroatoms. The van der Waals surface area contributed by atoms with E-state index in [1.54, 1.807) is 29.5 Å². The summed E-state index contributed by atoms with van der Waals surface area (Å²) in [5.74, 6) is 1.59. The Morgan fingerprint density at radius 1 is 1.45 bits per heavy atom. The second-order valence-corrected chi connectivity index (χ2v) is 6.81. The fourth-order valence-electron chi connectivity index (χ4n) is 2.24. The number of carbonyl (C=O) groups is 1. The van der Waals surface area contributed by atoms with E-state index in [4.69, 9.17) is 9.47 Å². The van der Waals surface area contributed by atoms with Crippen LogP contribution in [-0.2, 0) is 11.3 Å². The Morgan fingerprint density at radius 3 is 2.95 bits per heavy atom. The van der Waals surface area contributed by atoms with Gasteiger partial charge in [0.15, 0.2) is 0 Å². The first kappa shape index (κ1) is 15.0. The van der Waals surface area contributed by atoms with Crippen LogP contribution in [0.3, 0.4) is 0 Å². The van der Waals surface area contributed by atoms with E-state index in [9.17, 15) is 4.79 Å². The van der Waals surface area contributed by atoms with Gasteiger partial charge in [0.1, 0.15) is 12.4 Å². The predicted molar refractivity (Wildman–Crippen MR) is 85.2 cm³/mol. The largest absolute Gasteiger partial charge is 0.487 e. The number of aryl methyl sites for hydroxylation is 1. The summed E-state index contributed by atoms with van der Waals surface area (Å²) < 4.78 is 11.0. The number of rotatable bonds is 6. The lowest BCUT2D eigenvalue weighted by atomic mass is 10.2. The van der Waals surface area contributed by atoms with E-state index in [-0.39, 0.29) is 5.97 Å². The molecule has 2 aromatic rings. The van der Waals surface area contributed by atoms with Gasteiger partial charge in [-0.3, -0.25) is 0 Å². The third-order valence-corrected chi connectivity index (χ3v) is 4.65. The van der Waals surface area contributed by atoms with Gasteiger partial charge in [0.2, 0.25) is 0 Å². The van der Waals surface area contributed by atoms with Crippen LogP contribution in [-0.4, -0.2) is 17.6 Å².